The molecule has 7 nitrogen and oxygen atoms in total. The van der Waals surface area contributed by atoms with Crippen molar-refractivity contribution in [3.05, 3.63) is 0 Å². The van der Waals surface area contributed by atoms with Crippen molar-refractivity contribution in [1.82, 2.24) is 16.0 Å². The van der Waals surface area contributed by atoms with Gasteiger partial charge >= 0.3 is 12.0 Å². The maximum atomic E-state index is 11.3. The van der Waals surface area contributed by atoms with Crippen LogP contribution in [-0.2, 0) is 9.59 Å². The normalized spacial score (nSPS) is 11.8. The molecule has 0 fully saturated rings. The first-order valence-electron chi connectivity index (χ1n) is 6.31. The number of aliphatic carboxylic acids is 1. The maximum Gasteiger partial charge on any atom is 0.315 e. The van der Waals surface area contributed by atoms with Crippen LogP contribution in [0.25, 0.3) is 0 Å². The number of urea groups is 1. The highest BCUT2D eigenvalue weighted by Gasteiger charge is 2.10. The molecule has 0 aromatic carbocycles. The molecule has 0 aromatic rings. The van der Waals surface area contributed by atoms with E-state index >= 15 is 0 Å². The van der Waals surface area contributed by atoms with Crippen molar-refractivity contribution in [2.45, 2.75) is 27.2 Å². The highest BCUT2D eigenvalue weighted by atomic mass is 16.4. The lowest BCUT2D eigenvalue weighted by Crippen LogP contribution is -2.43. The van der Waals surface area contributed by atoms with E-state index in [0.717, 1.165) is 0 Å². The second-order valence-corrected chi connectivity index (χ2v) is 4.96. The van der Waals surface area contributed by atoms with Crippen LogP contribution in [-0.4, -0.2) is 42.6 Å². The first-order chi connectivity index (χ1) is 8.81. The van der Waals surface area contributed by atoms with E-state index in [4.69, 9.17) is 5.11 Å². The van der Waals surface area contributed by atoms with Gasteiger partial charge < -0.3 is 21.1 Å². The highest BCUT2D eigenvalue weighted by Crippen LogP contribution is 1.98. The fourth-order valence-electron chi connectivity index (χ4n) is 1.24. The minimum atomic E-state index is -0.900. The van der Waals surface area contributed by atoms with Gasteiger partial charge in [0.25, 0.3) is 0 Å². The smallest absolute Gasteiger partial charge is 0.315 e. The van der Waals surface area contributed by atoms with Gasteiger partial charge in [0.05, 0.1) is 6.54 Å². The Kier molecular flexibility index (Phi) is 8.32. The summed E-state index contributed by atoms with van der Waals surface area (Å²) in [5, 5.41) is 16.1. The Balaban J connectivity index is 3.69. The number of hydrogen-bond acceptors (Lipinski definition) is 3. The van der Waals surface area contributed by atoms with Crippen molar-refractivity contribution < 1.29 is 19.5 Å². The molecule has 1 atom stereocenters. The van der Waals surface area contributed by atoms with Crippen molar-refractivity contribution in [3.8, 4) is 0 Å². The summed E-state index contributed by atoms with van der Waals surface area (Å²) < 4.78 is 0. The van der Waals surface area contributed by atoms with Crippen molar-refractivity contribution in [3.63, 3.8) is 0 Å². The molecule has 3 amide bonds. The van der Waals surface area contributed by atoms with Crippen LogP contribution in [0.4, 0.5) is 4.79 Å². The minimum Gasteiger partial charge on any atom is -0.481 e. The Labute approximate surface area is 113 Å². The SMILES string of the molecule is CC(C)CNC(=O)CNC(=O)NCC(C)CC(=O)O. The second kappa shape index (κ2) is 9.18. The van der Waals surface area contributed by atoms with Gasteiger partial charge in [0.15, 0.2) is 0 Å². The van der Waals surface area contributed by atoms with Gasteiger partial charge in [-0.1, -0.05) is 20.8 Å². The monoisotopic (exact) mass is 273 g/mol. The summed E-state index contributed by atoms with van der Waals surface area (Å²) in [5.74, 6) is -0.946. The van der Waals surface area contributed by atoms with Gasteiger partial charge in [-0.2, -0.15) is 0 Å². The fourth-order valence-corrected chi connectivity index (χ4v) is 1.24. The third-order valence-electron chi connectivity index (χ3n) is 2.25. The van der Waals surface area contributed by atoms with Crippen LogP contribution in [0.2, 0.25) is 0 Å². The molecule has 1 unspecified atom stereocenters. The zero-order valence-electron chi connectivity index (χ0n) is 11.7. The van der Waals surface area contributed by atoms with Crippen molar-refractivity contribution in [2.24, 2.45) is 11.8 Å². The molecule has 0 aromatic heterocycles. The molecule has 0 heterocycles. The van der Waals surface area contributed by atoms with Gasteiger partial charge in [0.1, 0.15) is 0 Å². The number of hydrogen-bond donors (Lipinski definition) is 4. The Bertz CT molecular complexity index is 318. The van der Waals surface area contributed by atoms with E-state index in [9.17, 15) is 14.4 Å². The highest BCUT2D eigenvalue weighted by molar-refractivity contribution is 5.83. The van der Waals surface area contributed by atoms with Crippen LogP contribution in [0, 0.1) is 11.8 Å². The summed E-state index contributed by atoms with van der Waals surface area (Å²) in [7, 11) is 0. The molecular weight excluding hydrogens is 250 g/mol. The standard InChI is InChI=1S/C12H23N3O4/c1-8(2)5-13-10(16)7-15-12(19)14-6-9(3)4-11(17)18/h8-9H,4-7H2,1-3H3,(H,13,16)(H,17,18)(H2,14,15,19). The summed E-state index contributed by atoms with van der Waals surface area (Å²) in [4.78, 5) is 33.0. The summed E-state index contributed by atoms with van der Waals surface area (Å²) >= 11 is 0. The predicted molar refractivity (Wildman–Crippen MR) is 70.7 cm³/mol. The van der Waals surface area contributed by atoms with Gasteiger partial charge in [-0.15, -0.1) is 0 Å². The molecule has 110 valence electrons. The van der Waals surface area contributed by atoms with E-state index in [1.54, 1.807) is 6.92 Å². The third kappa shape index (κ3) is 11.1. The number of amides is 3. The molecule has 0 saturated carbocycles. The lowest BCUT2D eigenvalue weighted by atomic mass is 10.1. The van der Waals surface area contributed by atoms with Crippen LogP contribution in [0.5, 0.6) is 0 Å². The zero-order valence-corrected chi connectivity index (χ0v) is 11.7. The number of carboxylic acid groups (broad SMARTS) is 1. The first-order valence-corrected chi connectivity index (χ1v) is 6.31. The summed E-state index contributed by atoms with van der Waals surface area (Å²) in [6.45, 7) is 6.41. The van der Waals surface area contributed by atoms with Crippen LogP contribution >= 0.6 is 0 Å². The third-order valence-corrected chi connectivity index (χ3v) is 2.25. The van der Waals surface area contributed by atoms with Gasteiger partial charge in [-0.3, -0.25) is 9.59 Å². The maximum absolute atomic E-state index is 11.3. The van der Waals surface area contributed by atoms with Gasteiger partial charge in [-0.25, -0.2) is 4.79 Å². The largest absolute Gasteiger partial charge is 0.481 e. The molecule has 4 N–H and O–H groups in total. The topological polar surface area (TPSA) is 108 Å². The molecule has 0 spiro atoms. The Hall–Kier alpha value is -1.79. The van der Waals surface area contributed by atoms with E-state index in [0.29, 0.717) is 12.5 Å². The average Bonchev–Trinajstić information content (AvgIpc) is 2.30. The number of carboxylic acids is 1. The second-order valence-electron chi connectivity index (χ2n) is 4.96. The Morgan fingerprint density at radius 3 is 2.16 bits per heavy atom. The van der Waals surface area contributed by atoms with Crippen molar-refractivity contribution in [1.29, 1.82) is 0 Å². The first kappa shape index (κ1) is 17.2. The molecule has 0 bridgehead atoms. The summed E-state index contributed by atoms with van der Waals surface area (Å²) in [5.41, 5.74) is 0. The molecule has 0 aliphatic heterocycles. The predicted octanol–water partition coefficient (Wildman–Crippen LogP) is 0.169. The number of carbonyl (C=O) groups excluding carboxylic acids is 2. The minimum absolute atomic E-state index is 0.00481. The van der Waals surface area contributed by atoms with Gasteiger partial charge in [0, 0.05) is 19.5 Å². The molecule has 0 aliphatic carbocycles. The molecule has 19 heavy (non-hydrogen) atoms. The van der Waals surface area contributed by atoms with Gasteiger partial charge in [0.2, 0.25) is 5.91 Å². The molecule has 0 aliphatic rings. The van der Waals surface area contributed by atoms with E-state index in [-0.39, 0.29) is 31.3 Å². The van der Waals surface area contributed by atoms with Crippen LogP contribution in [0.15, 0.2) is 0 Å². The van der Waals surface area contributed by atoms with Crippen LogP contribution in [0.1, 0.15) is 27.2 Å². The van der Waals surface area contributed by atoms with Crippen molar-refractivity contribution >= 4 is 17.9 Å². The number of nitrogens with one attached hydrogen (secondary N) is 3. The van der Waals surface area contributed by atoms with Crippen LogP contribution < -0.4 is 16.0 Å². The summed E-state index contributed by atoms with van der Waals surface area (Å²) in [6, 6.07) is -0.475. The Morgan fingerprint density at radius 2 is 1.63 bits per heavy atom. The van der Waals surface area contributed by atoms with E-state index in [2.05, 4.69) is 16.0 Å². The molecule has 0 saturated heterocycles. The van der Waals surface area contributed by atoms with Crippen LogP contribution in [0.3, 0.4) is 0 Å². The molecule has 7 heteroatoms. The quantitative estimate of drug-likeness (QED) is 0.505. The van der Waals surface area contributed by atoms with Gasteiger partial charge in [-0.05, 0) is 11.8 Å². The zero-order chi connectivity index (χ0) is 14.8. The van der Waals surface area contributed by atoms with E-state index in [1.165, 1.54) is 0 Å². The Morgan fingerprint density at radius 1 is 1.00 bits per heavy atom. The molecule has 0 rings (SSSR count). The summed E-state index contributed by atoms with van der Waals surface area (Å²) in [6.07, 6.45) is -0.00481. The fraction of sp³-hybridized carbons (Fsp3) is 0.750. The van der Waals surface area contributed by atoms with E-state index in [1.807, 2.05) is 13.8 Å². The average molecular weight is 273 g/mol. The lowest BCUT2D eigenvalue weighted by Gasteiger charge is -2.12. The number of carbonyl (C=O) groups is 3. The molecular formula is C12H23N3O4. The number of rotatable bonds is 8. The molecule has 0 radical (unpaired) electrons. The van der Waals surface area contributed by atoms with E-state index < -0.39 is 12.0 Å². The lowest BCUT2D eigenvalue weighted by molar-refractivity contribution is -0.137. The van der Waals surface area contributed by atoms with Crippen molar-refractivity contribution in [2.75, 3.05) is 19.6 Å².